The molecule has 0 aliphatic rings. The van der Waals surface area contributed by atoms with E-state index in [4.69, 9.17) is 4.74 Å². The monoisotopic (exact) mass is 318 g/mol. The quantitative estimate of drug-likeness (QED) is 0.742. The third-order valence-corrected chi connectivity index (χ3v) is 4.97. The molecule has 4 nitrogen and oxygen atoms in total. The first-order chi connectivity index (χ1) is 10.2. The highest BCUT2D eigenvalue weighted by Gasteiger charge is 2.11. The second kappa shape index (κ2) is 5.83. The van der Waals surface area contributed by atoms with Gasteiger partial charge in [0.2, 0.25) is 0 Å². The second-order valence-corrected chi connectivity index (χ2v) is 6.33. The Labute approximate surface area is 130 Å². The molecular formula is C15H14N2O2S2. The van der Waals surface area contributed by atoms with Crippen LogP contribution in [0.2, 0.25) is 0 Å². The van der Waals surface area contributed by atoms with Crippen molar-refractivity contribution in [2.24, 2.45) is 12.0 Å². The third kappa shape index (κ3) is 2.64. The van der Waals surface area contributed by atoms with Crippen LogP contribution in [0.5, 0.6) is 5.75 Å². The highest BCUT2D eigenvalue weighted by molar-refractivity contribution is 7.16. The molecule has 0 radical (unpaired) electrons. The van der Waals surface area contributed by atoms with E-state index in [1.54, 1.807) is 6.07 Å². The molecule has 0 fully saturated rings. The Bertz CT molecular complexity index is 844. The van der Waals surface area contributed by atoms with Crippen LogP contribution < -0.4 is 9.54 Å². The standard InChI is InChI=1S/C15H14N2O2S2/c1-3-19-10-6-4-7-11-13(10)17(2)15(21-11)16-14(18)12-8-5-9-20-12/h4-9H,3H2,1-2H3. The molecule has 1 aromatic carbocycles. The van der Waals surface area contributed by atoms with Crippen LogP contribution in [0.25, 0.3) is 10.2 Å². The fraction of sp³-hybridized carbons (Fsp3) is 0.200. The van der Waals surface area contributed by atoms with E-state index in [1.165, 1.54) is 22.7 Å². The van der Waals surface area contributed by atoms with Gasteiger partial charge in [0.05, 0.1) is 16.2 Å². The van der Waals surface area contributed by atoms with Gasteiger partial charge < -0.3 is 9.30 Å². The number of thiazole rings is 1. The van der Waals surface area contributed by atoms with Gasteiger partial charge in [0.15, 0.2) is 4.80 Å². The first kappa shape index (κ1) is 14.0. The predicted octanol–water partition coefficient (Wildman–Crippen LogP) is 3.44. The fourth-order valence-electron chi connectivity index (χ4n) is 2.09. The molecule has 1 amide bonds. The Kier molecular flexibility index (Phi) is 3.90. The summed E-state index contributed by atoms with van der Waals surface area (Å²) in [5.41, 5.74) is 0.974. The molecule has 108 valence electrons. The number of benzene rings is 1. The van der Waals surface area contributed by atoms with Crippen LogP contribution in [0.1, 0.15) is 16.6 Å². The lowest BCUT2D eigenvalue weighted by molar-refractivity contribution is 0.100. The van der Waals surface area contributed by atoms with E-state index in [0.717, 1.165) is 16.0 Å². The van der Waals surface area contributed by atoms with Crippen LogP contribution in [0, 0.1) is 0 Å². The van der Waals surface area contributed by atoms with Gasteiger partial charge in [-0.2, -0.15) is 4.99 Å². The molecule has 2 heterocycles. The zero-order valence-electron chi connectivity index (χ0n) is 11.7. The molecule has 0 atom stereocenters. The number of nitrogens with zero attached hydrogens (tertiary/aromatic N) is 2. The van der Waals surface area contributed by atoms with E-state index in [9.17, 15) is 4.79 Å². The summed E-state index contributed by atoms with van der Waals surface area (Å²) in [5.74, 6) is 0.615. The van der Waals surface area contributed by atoms with Gasteiger partial charge in [-0.15, -0.1) is 11.3 Å². The minimum Gasteiger partial charge on any atom is -0.492 e. The normalized spacial score (nSPS) is 12.0. The molecule has 21 heavy (non-hydrogen) atoms. The lowest BCUT2D eigenvalue weighted by Gasteiger charge is -2.05. The van der Waals surface area contributed by atoms with Crippen LogP contribution in [-0.2, 0) is 7.05 Å². The maximum absolute atomic E-state index is 12.1. The summed E-state index contributed by atoms with van der Waals surface area (Å²) in [4.78, 5) is 17.7. The van der Waals surface area contributed by atoms with Crippen LogP contribution in [0.3, 0.4) is 0 Å². The molecule has 0 spiro atoms. The van der Waals surface area contributed by atoms with Crippen molar-refractivity contribution in [3.05, 3.63) is 45.4 Å². The largest absolute Gasteiger partial charge is 0.492 e. The molecule has 0 unspecified atom stereocenters. The highest BCUT2D eigenvalue weighted by Crippen LogP contribution is 2.26. The molecule has 3 aromatic rings. The molecule has 2 aromatic heterocycles. The van der Waals surface area contributed by atoms with Crippen molar-refractivity contribution in [1.82, 2.24) is 4.57 Å². The van der Waals surface area contributed by atoms with Crippen LogP contribution in [0.4, 0.5) is 0 Å². The van der Waals surface area contributed by atoms with Crippen molar-refractivity contribution in [2.45, 2.75) is 6.92 Å². The van der Waals surface area contributed by atoms with Crippen molar-refractivity contribution in [1.29, 1.82) is 0 Å². The average Bonchev–Trinajstić information content (AvgIpc) is 3.09. The summed E-state index contributed by atoms with van der Waals surface area (Å²) in [6, 6.07) is 9.54. The van der Waals surface area contributed by atoms with Gasteiger partial charge >= 0.3 is 0 Å². The van der Waals surface area contributed by atoms with E-state index in [1.807, 2.05) is 48.2 Å². The summed E-state index contributed by atoms with van der Waals surface area (Å²) in [7, 11) is 1.90. The smallest absolute Gasteiger partial charge is 0.289 e. The zero-order valence-corrected chi connectivity index (χ0v) is 13.3. The van der Waals surface area contributed by atoms with Crippen LogP contribution in [0.15, 0.2) is 40.7 Å². The van der Waals surface area contributed by atoms with Crippen molar-refractivity contribution in [3.63, 3.8) is 0 Å². The van der Waals surface area contributed by atoms with E-state index in [-0.39, 0.29) is 5.91 Å². The number of carbonyl (C=O) groups excluding carboxylic acids is 1. The van der Waals surface area contributed by atoms with E-state index < -0.39 is 0 Å². The number of thiophene rings is 1. The summed E-state index contributed by atoms with van der Waals surface area (Å²) in [6.45, 7) is 2.56. The summed E-state index contributed by atoms with van der Waals surface area (Å²) >= 11 is 2.89. The van der Waals surface area contributed by atoms with Gasteiger partial charge in [-0.25, -0.2) is 0 Å². The molecule has 0 aliphatic carbocycles. The minimum atomic E-state index is -0.204. The van der Waals surface area contributed by atoms with Crippen LogP contribution >= 0.6 is 22.7 Å². The van der Waals surface area contributed by atoms with Crippen LogP contribution in [-0.4, -0.2) is 17.1 Å². The third-order valence-electron chi connectivity index (χ3n) is 3.01. The highest BCUT2D eigenvalue weighted by atomic mass is 32.1. The SMILES string of the molecule is CCOc1cccc2sc(=NC(=O)c3cccs3)n(C)c12. The lowest BCUT2D eigenvalue weighted by Crippen LogP contribution is -2.13. The molecule has 0 saturated carbocycles. The first-order valence-corrected chi connectivity index (χ1v) is 8.24. The number of aryl methyl sites for hydroxylation is 1. The number of para-hydroxylation sites is 1. The number of carbonyl (C=O) groups is 1. The van der Waals surface area contributed by atoms with Crippen molar-refractivity contribution < 1.29 is 9.53 Å². The molecular weight excluding hydrogens is 304 g/mol. The topological polar surface area (TPSA) is 43.6 Å². The Morgan fingerprint density at radius 1 is 1.33 bits per heavy atom. The average molecular weight is 318 g/mol. The van der Waals surface area contributed by atoms with Gasteiger partial charge in [0, 0.05) is 7.05 Å². The number of amides is 1. The van der Waals surface area contributed by atoms with Gasteiger partial charge in [0.25, 0.3) is 5.91 Å². The fourth-order valence-corrected chi connectivity index (χ4v) is 3.73. The Hall–Kier alpha value is -1.92. The minimum absolute atomic E-state index is 0.204. The summed E-state index contributed by atoms with van der Waals surface area (Å²) in [5, 5.41) is 1.88. The lowest BCUT2D eigenvalue weighted by atomic mass is 10.3. The van der Waals surface area contributed by atoms with Gasteiger partial charge in [-0.1, -0.05) is 23.5 Å². The van der Waals surface area contributed by atoms with E-state index in [0.29, 0.717) is 16.3 Å². The number of hydrogen-bond acceptors (Lipinski definition) is 4. The number of rotatable bonds is 3. The first-order valence-electron chi connectivity index (χ1n) is 6.54. The molecule has 3 rings (SSSR count). The Morgan fingerprint density at radius 3 is 2.90 bits per heavy atom. The number of hydrogen-bond donors (Lipinski definition) is 0. The summed E-state index contributed by atoms with van der Waals surface area (Å²) < 4.78 is 8.62. The van der Waals surface area contributed by atoms with Crippen molar-refractivity contribution >= 4 is 38.8 Å². The van der Waals surface area contributed by atoms with Gasteiger partial charge in [-0.3, -0.25) is 4.79 Å². The van der Waals surface area contributed by atoms with Crippen molar-refractivity contribution in [3.8, 4) is 5.75 Å². The molecule has 0 aliphatic heterocycles. The maximum Gasteiger partial charge on any atom is 0.289 e. The van der Waals surface area contributed by atoms with Gasteiger partial charge in [0.1, 0.15) is 11.3 Å². The van der Waals surface area contributed by atoms with E-state index >= 15 is 0 Å². The number of ether oxygens (including phenoxy) is 1. The molecule has 0 bridgehead atoms. The number of fused-ring (bicyclic) bond motifs is 1. The zero-order chi connectivity index (χ0) is 14.8. The number of aromatic nitrogens is 1. The predicted molar refractivity (Wildman–Crippen MR) is 86.2 cm³/mol. The molecule has 6 heteroatoms. The van der Waals surface area contributed by atoms with E-state index in [2.05, 4.69) is 4.99 Å². The molecule has 0 N–H and O–H groups in total. The summed E-state index contributed by atoms with van der Waals surface area (Å²) in [6.07, 6.45) is 0. The Balaban J connectivity index is 2.14. The van der Waals surface area contributed by atoms with Gasteiger partial charge in [-0.05, 0) is 30.5 Å². The maximum atomic E-state index is 12.1. The van der Waals surface area contributed by atoms with Crippen molar-refractivity contribution in [2.75, 3.05) is 6.61 Å². The Morgan fingerprint density at radius 2 is 2.19 bits per heavy atom. The molecule has 0 saturated heterocycles. The second-order valence-electron chi connectivity index (χ2n) is 4.37.